The van der Waals surface area contributed by atoms with Gasteiger partial charge < -0.3 is 9.30 Å². The fourth-order valence-electron chi connectivity index (χ4n) is 3.46. The van der Waals surface area contributed by atoms with Gasteiger partial charge in [-0.05, 0) is 33.0 Å². The van der Waals surface area contributed by atoms with Crippen molar-refractivity contribution in [3.05, 3.63) is 10.6 Å². The largest absolute Gasteiger partial charge is 0.373 e. The fourth-order valence-corrected chi connectivity index (χ4v) is 5.44. The zero-order valence-electron chi connectivity index (χ0n) is 15.8. The smallest absolute Gasteiger partial charge is 0.282 e. The molecule has 3 rings (SSSR count). The first-order valence-electron chi connectivity index (χ1n) is 8.92. The average molecular weight is 405 g/mol. The number of hydrogen-bond acceptors (Lipinski definition) is 6. The molecule has 26 heavy (non-hydrogen) atoms. The van der Waals surface area contributed by atoms with Gasteiger partial charge in [0.25, 0.3) is 10.2 Å². The molecular weight excluding hydrogens is 376 g/mol. The predicted octanol–water partition coefficient (Wildman–Crippen LogP) is 0.189. The van der Waals surface area contributed by atoms with Gasteiger partial charge in [0.2, 0.25) is 0 Å². The predicted molar refractivity (Wildman–Crippen MR) is 100 cm³/mol. The molecule has 2 fully saturated rings. The van der Waals surface area contributed by atoms with Crippen LogP contribution in [-0.2, 0) is 28.7 Å². The molecule has 2 saturated heterocycles. The van der Waals surface area contributed by atoms with Crippen molar-refractivity contribution in [3.8, 4) is 0 Å². The second kappa shape index (κ2) is 7.64. The maximum atomic E-state index is 12.9. The van der Waals surface area contributed by atoms with E-state index in [0.29, 0.717) is 50.7 Å². The van der Waals surface area contributed by atoms with Crippen molar-refractivity contribution >= 4 is 22.4 Å². The Kier molecular flexibility index (Phi) is 5.85. The maximum absolute atomic E-state index is 12.9. The first kappa shape index (κ1) is 19.9. The van der Waals surface area contributed by atoms with Gasteiger partial charge in [0.1, 0.15) is 5.82 Å². The summed E-state index contributed by atoms with van der Waals surface area (Å²) < 4.78 is 39.0. The third-order valence-corrected chi connectivity index (χ3v) is 7.42. The second-order valence-corrected chi connectivity index (χ2v) is 9.42. The van der Waals surface area contributed by atoms with Crippen molar-refractivity contribution < 1.29 is 13.2 Å². The van der Waals surface area contributed by atoms with Crippen LogP contribution < -0.4 is 0 Å². The van der Waals surface area contributed by atoms with Crippen LogP contribution in [-0.4, -0.2) is 87.8 Å². The SMILES string of the molecule is Cc1nn(CN2CCN(S(=O)(=O)N3CC(C)OC(C)C3)CC2)c(=S)n1C. The Morgan fingerprint density at radius 2 is 1.69 bits per heavy atom. The van der Waals surface area contributed by atoms with Crippen LogP contribution >= 0.6 is 12.2 Å². The lowest BCUT2D eigenvalue weighted by atomic mass is 10.3. The number of aromatic nitrogens is 3. The van der Waals surface area contributed by atoms with Crippen molar-refractivity contribution in [2.24, 2.45) is 7.05 Å². The second-order valence-electron chi connectivity index (χ2n) is 7.13. The summed E-state index contributed by atoms with van der Waals surface area (Å²) in [6, 6.07) is 0. The van der Waals surface area contributed by atoms with E-state index in [1.807, 2.05) is 32.4 Å². The highest BCUT2D eigenvalue weighted by molar-refractivity contribution is 7.86. The van der Waals surface area contributed by atoms with E-state index in [1.165, 1.54) is 0 Å². The first-order chi connectivity index (χ1) is 12.2. The van der Waals surface area contributed by atoms with Gasteiger partial charge >= 0.3 is 0 Å². The van der Waals surface area contributed by atoms with E-state index in [1.54, 1.807) is 13.3 Å². The molecule has 0 radical (unpaired) electrons. The molecule has 0 bridgehead atoms. The van der Waals surface area contributed by atoms with Crippen molar-refractivity contribution in [2.45, 2.75) is 39.6 Å². The number of nitrogens with zero attached hydrogens (tertiary/aromatic N) is 6. The minimum absolute atomic E-state index is 0.0796. The normalized spacial score (nSPS) is 27.1. The van der Waals surface area contributed by atoms with E-state index in [9.17, 15) is 8.42 Å². The summed E-state index contributed by atoms with van der Waals surface area (Å²) in [5.74, 6) is 0.867. The van der Waals surface area contributed by atoms with Gasteiger partial charge in [0, 0.05) is 46.3 Å². The lowest BCUT2D eigenvalue weighted by Gasteiger charge is -2.40. The minimum Gasteiger partial charge on any atom is -0.373 e. The van der Waals surface area contributed by atoms with E-state index >= 15 is 0 Å². The molecule has 1 aromatic heterocycles. The highest BCUT2D eigenvalue weighted by Crippen LogP contribution is 2.19. The third kappa shape index (κ3) is 4.02. The van der Waals surface area contributed by atoms with Crippen molar-refractivity contribution in [1.82, 2.24) is 27.9 Å². The molecule has 148 valence electrons. The van der Waals surface area contributed by atoms with Crippen LogP contribution in [0.5, 0.6) is 0 Å². The first-order valence-corrected chi connectivity index (χ1v) is 10.7. The zero-order valence-corrected chi connectivity index (χ0v) is 17.5. The molecule has 2 aliphatic rings. The molecule has 0 spiro atoms. The van der Waals surface area contributed by atoms with Gasteiger partial charge in [0.05, 0.1) is 18.9 Å². The monoisotopic (exact) mass is 404 g/mol. The van der Waals surface area contributed by atoms with Crippen LogP contribution in [0, 0.1) is 11.7 Å². The summed E-state index contributed by atoms with van der Waals surface area (Å²) in [6.07, 6.45) is -0.159. The van der Waals surface area contributed by atoms with Crippen LogP contribution in [0.25, 0.3) is 0 Å². The van der Waals surface area contributed by atoms with Gasteiger partial charge in [-0.2, -0.15) is 22.1 Å². The molecule has 2 aliphatic heterocycles. The molecule has 0 aromatic carbocycles. The Hall–Kier alpha value is -0.850. The average Bonchev–Trinajstić information content (AvgIpc) is 2.81. The summed E-state index contributed by atoms with van der Waals surface area (Å²) in [5.41, 5.74) is 0. The zero-order chi connectivity index (χ0) is 19.1. The summed E-state index contributed by atoms with van der Waals surface area (Å²) >= 11 is 5.38. The number of aryl methyl sites for hydroxylation is 1. The number of morpholine rings is 1. The molecule has 2 unspecified atom stereocenters. The Bertz CT molecular complexity index is 787. The quantitative estimate of drug-likeness (QED) is 0.667. The van der Waals surface area contributed by atoms with E-state index in [4.69, 9.17) is 17.0 Å². The molecule has 1 aromatic rings. The Morgan fingerprint density at radius 1 is 1.12 bits per heavy atom. The molecule has 0 N–H and O–H groups in total. The topological polar surface area (TPSA) is 75.8 Å². The van der Waals surface area contributed by atoms with E-state index < -0.39 is 10.2 Å². The van der Waals surface area contributed by atoms with Gasteiger partial charge in [0.15, 0.2) is 4.77 Å². The molecule has 9 nitrogen and oxygen atoms in total. The maximum Gasteiger partial charge on any atom is 0.282 e. The van der Waals surface area contributed by atoms with Crippen molar-refractivity contribution in [1.29, 1.82) is 0 Å². The Balaban J connectivity index is 1.60. The lowest BCUT2D eigenvalue weighted by Crippen LogP contribution is -2.57. The van der Waals surface area contributed by atoms with Crippen LogP contribution in [0.3, 0.4) is 0 Å². The van der Waals surface area contributed by atoms with Gasteiger partial charge in [-0.25, -0.2) is 4.68 Å². The molecule has 0 aliphatic carbocycles. The van der Waals surface area contributed by atoms with E-state index in [0.717, 1.165) is 5.82 Å². The van der Waals surface area contributed by atoms with E-state index in [2.05, 4.69) is 10.00 Å². The van der Waals surface area contributed by atoms with Gasteiger partial charge in [-0.1, -0.05) is 0 Å². The van der Waals surface area contributed by atoms with Crippen molar-refractivity contribution in [2.75, 3.05) is 39.3 Å². The summed E-state index contributed by atoms with van der Waals surface area (Å²) in [7, 11) is -1.55. The van der Waals surface area contributed by atoms with Gasteiger partial charge in [-0.3, -0.25) is 4.90 Å². The lowest BCUT2D eigenvalue weighted by molar-refractivity contribution is -0.0458. The molecule has 3 heterocycles. The van der Waals surface area contributed by atoms with Gasteiger partial charge in [-0.15, -0.1) is 0 Å². The molecular formula is C15H28N6O3S2. The van der Waals surface area contributed by atoms with Crippen LogP contribution in [0.2, 0.25) is 0 Å². The third-order valence-electron chi connectivity index (χ3n) is 4.96. The fraction of sp³-hybridized carbons (Fsp3) is 0.867. The summed E-state index contributed by atoms with van der Waals surface area (Å²) in [4.78, 5) is 2.18. The standard InChI is InChI=1S/C15H28N6O3S2/c1-12-9-20(10-13(2)24-12)26(22,23)19-7-5-18(6-8-19)11-21-15(25)17(4)14(3)16-21/h12-13H,5-11H2,1-4H3. The molecule has 0 amide bonds. The molecule has 2 atom stereocenters. The van der Waals surface area contributed by atoms with Crippen molar-refractivity contribution in [3.63, 3.8) is 0 Å². The van der Waals surface area contributed by atoms with Crippen LogP contribution in [0.1, 0.15) is 19.7 Å². The summed E-state index contributed by atoms with van der Waals surface area (Å²) in [6.45, 7) is 9.41. The Labute approximate surface area is 160 Å². The number of ether oxygens (including phenoxy) is 1. The Morgan fingerprint density at radius 3 is 2.19 bits per heavy atom. The number of hydrogen-bond donors (Lipinski definition) is 0. The molecule has 11 heteroatoms. The van der Waals surface area contributed by atoms with Crippen LogP contribution in [0.15, 0.2) is 0 Å². The summed E-state index contributed by atoms with van der Waals surface area (Å²) in [5, 5.41) is 4.44. The molecule has 0 saturated carbocycles. The number of rotatable bonds is 4. The highest BCUT2D eigenvalue weighted by Gasteiger charge is 2.36. The highest BCUT2D eigenvalue weighted by atomic mass is 32.2. The van der Waals surface area contributed by atoms with E-state index in [-0.39, 0.29) is 12.2 Å². The number of piperazine rings is 1. The van der Waals surface area contributed by atoms with Crippen LogP contribution in [0.4, 0.5) is 0 Å². The minimum atomic E-state index is -3.45.